The van der Waals surface area contributed by atoms with Gasteiger partial charge in [0.25, 0.3) is 0 Å². The predicted octanol–water partition coefficient (Wildman–Crippen LogP) is 13.4. The summed E-state index contributed by atoms with van der Waals surface area (Å²) in [7, 11) is 0. The van der Waals surface area contributed by atoms with Crippen molar-refractivity contribution in [2.45, 2.75) is 0 Å². The average molecular weight is 766 g/mol. The molecule has 0 aliphatic rings. The Bertz CT molecular complexity index is 4610. The summed E-state index contributed by atoms with van der Waals surface area (Å²) in [4.78, 5) is 14.8. The van der Waals surface area contributed by atoms with Gasteiger partial charge in [0.2, 0.25) is 11.9 Å². The lowest BCUT2D eigenvalue weighted by atomic mass is 9.95. The minimum Gasteiger partial charge on any atom is -0.278 e. The summed E-state index contributed by atoms with van der Waals surface area (Å²) in [5, 5.41) is 0.380. The lowest BCUT2D eigenvalue weighted by molar-refractivity contribution is 0.893. The molecule has 0 fully saturated rings. The number of hydrogen-bond donors (Lipinski definition) is 0. The van der Waals surface area contributed by atoms with Crippen molar-refractivity contribution in [2.24, 2.45) is 0 Å². The second-order valence-electron chi connectivity index (χ2n) is 12.9. The quantitative estimate of drug-likeness (QED) is 0.175. The predicted molar refractivity (Wildman–Crippen MR) is 238 cm³/mol. The molecule has 0 amide bonds. The smallest absolute Gasteiger partial charge is 0.240 e. The van der Waals surface area contributed by atoms with Crippen LogP contribution in [0.3, 0.4) is 0 Å². The van der Waals surface area contributed by atoms with E-state index in [9.17, 15) is 9.60 Å². The highest BCUT2D eigenvalue weighted by Gasteiger charge is 2.23. The number of nitrogens with zero attached hydrogens (tertiary/aromatic N) is 5. The summed E-state index contributed by atoms with van der Waals surface area (Å²) in [5.74, 6) is -1.35. The Kier molecular flexibility index (Phi) is 3.97. The molecule has 8 aromatic carbocycles. The van der Waals surface area contributed by atoms with E-state index in [0.717, 1.165) is 29.3 Å². The van der Waals surface area contributed by atoms with Crippen LogP contribution in [-0.2, 0) is 0 Å². The zero-order chi connectivity index (χ0) is 54.9. The fourth-order valence-electron chi connectivity index (χ4n) is 7.42. The molecule has 4 heterocycles. The van der Waals surface area contributed by atoms with Crippen molar-refractivity contribution in [1.82, 2.24) is 24.1 Å². The molecule has 0 bridgehead atoms. The molecule has 0 aliphatic carbocycles. The molecule has 0 saturated heterocycles. The van der Waals surface area contributed by atoms with E-state index >= 15 is 0 Å². The third-order valence-corrected chi connectivity index (χ3v) is 10.9. The van der Waals surface area contributed by atoms with Gasteiger partial charge in [0, 0.05) is 47.3 Å². The highest BCUT2D eigenvalue weighted by atomic mass is 32.1. The summed E-state index contributed by atoms with van der Waals surface area (Å²) in [5.41, 5.74) is -1.42. The molecule has 57 heavy (non-hydrogen) atoms. The number of fused-ring (bicyclic) bond motifs is 9. The van der Waals surface area contributed by atoms with Crippen LogP contribution in [-0.4, -0.2) is 24.1 Å². The Hall–Kier alpha value is -7.41. The first-order valence-corrected chi connectivity index (χ1v) is 18.3. The monoisotopic (exact) mass is 765 g/mol. The third kappa shape index (κ3) is 4.91. The summed E-state index contributed by atoms with van der Waals surface area (Å²) in [6, 6.07) is 5.46. The first kappa shape index (κ1) is 18.0. The van der Waals surface area contributed by atoms with Gasteiger partial charge in [-0.2, -0.15) is 15.0 Å². The second-order valence-corrected chi connectivity index (χ2v) is 14.0. The van der Waals surface area contributed by atoms with Crippen molar-refractivity contribution in [3.05, 3.63) is 188 Å². The molecule has 0 N–H and O–H groups in total. The van der Waals surface area contributed by atoms with E-state index in [0.29, 0.717) is 11.1 Å². The number of aromatic nitrogens is 5. The van der Waals surface area contributed by atoms with Gasteiger partial charge >= 0.3 is 0 Å². The van der Waals surface area contributed by atoms with Crippen LogP contribution in [0.5, 0.6) is 0 Å². The van der Waals surface area contributed by atoms with Crippen molar-refractivity contribution < 1.29 is 27.4 Å². The van der Waals surface area contributed by atoms with Crippen molar-refractivity contribution in [3.63, 3.8) is 0 Å². The minimum absolute atomic E-state index is 0.217. The van der Waals surface area contributed by atoms with Gasteiger partial charge in [-0.15, -0.1) is 11.3 Å². The Morgan fingerprint density at radius 3 is 1.65 bits per heavy atom. The summed E-state index contributed by atoms with van der Waals surface area (Å²) < 4.78 is 184. The van der Waals surface area contributed by atoms with E-state index in [4.69, 9.17) is 32.8 Å². The van der Waals surface area contributed by atoms with Crippen molar-refractivity contribution in [3.8, 4) is 45.5 Å². The van der Waals surface area contributed by atoms with Gasteiger partial charge < -0.3 is 0 Å². The SMILES string of the molecule is [2H]c1c([2H])c([2H])c(-c2c([2H])c([2H])c3c4c([2H])c([2H])c([2H])c([2H])c4n(-c4nc(-c5ccccc5-c5cccc6sc7ccccc7c56)nc(-n5c6c([2H])c([2H])c([2H])c([2H])c6c6c([2H])c([2H])c([2H])c([2H])c65)n4)c3c2[2H])c([2H])c1[2H]. The lowest BCUT2D eigenvalue weighted by Crippen LogP contribution is -2.10. The molecule has 0 radical (unpaired) electrons. The standard InChI is InChI=1S/C51H31N5S/c1-2-15-32(16-3-1)33-29-30-38-37-20-8-12-26-44(37)56(45(38)31-33)51-53-49(52-50(54-51)55-42-24-10-6-18-35(42)36-19-7-11-25-43(36)55)40-21-5-4-17-34(40)39-23-14-28-47-48(39)41-22-9-13-27-46(41)57-47/h1-31H/i1D,2D,3D,6D,7D,8D,10D,11D,12D,15D,16D,18D,19D,20D,24D,25D,26D,29D,30D,31D. The van der Waals surface area contributed by atoms with Gasteiger partial charge in [-0.1, -0.05) is 151 Å². The van der Waals surface area contributed by atoms with E-state index < -0.39 is 160 Å². The van der Waals surface area contributed by atoms with E-state index in [1.165, 1.54) is 0 Å². The summed E-state index contributed by atoms with van der Waals surface area (Å²) in [6.07, 6.45) is 0. The Morgan fingerprint density at radius 1 is 0.404 bits per heavy atom. The number of rotatable bonds is 5. The van der Waals surface area contributed by atoms with E-state index in [1.807, 2.05) is 42.5 Å². The average Bonchev–Trinajstić information content (AvgIpc) is 4.26. The number of thiophene rings is 1. The highest BCUT2D eigenvalue weighted by Crippen LogP contribution is 2.43. The fraction of sp³-hybridized carbons (Fsp3) is 0. The molecular formula is C51H31N5S. The van der Waals surface area contributed by atoms with Crippen LogP contribution in [0.25, 0.3) is 109 Å². The molecule has 5 nitrogen and oxygen atoms in total. The number of hydrogen-bond acceptors (Lipinski definition) is 4. The fourth-order valence-corrected chi connectivity index (χ4v) is 8.55. The van der Waals surface area contributed by atoms with Crippen LogP contribution in [0.4, 0.5) is 0 Å². The third-order valence-electron chi connectivity index (χ3n) is 9.81. The van der Waals surface area contributed by atoms with Gasteiger partial charge in [-0.25, -0.2) is 0 Å². The largest absolute Gasteiger partial charge is 0.278 e. The number of benzene rings is 8. The Morgan fingerprint density at radius 2 is 0.947 bits per heavy atom. The van der Waals surface area contributed by atoms with Crippen LogP contribution in [0.2, 0.25) is 0 Å². The topological polar surface area (TPSA) is 48.5 Å². The van der Waals surface area contributed by atoms with Crippen molar-refractivity contribution in [2.75, 3.05) is 0 Å². The first-order chi connectivity index (χ1) is 36.6. The van der Waals surface area contributed by atoms with Gasteiger partial charge in [0.15, 0.2) is 5.82 Å². The molecule has 0 saturated carbocycles. The van der Waals surface area contributed by atoms with Crippen LogP contribution in [0, 0.1) is 0 Å². The highest BCUT2D eigenvalue weighted by molar-refractivity contribution is 7.25. The summed E-state index contributed by atoms with van der Waals surface area (Å²) in [6.45, 7) is 0. The Labute approximate surface area is 359 Å². The molecule has 12 aromatic rings. The van der Waals surface area contributed by atoms with Gasteiger partial charge in [-0.05, 0) is 58.6 Å². The summed E-state index contributed by atoms with van der Waals surface area (Å²) >= 11 is 1.57. The van der Waals surface area contributed by atoms with Crippen LogP contribution < -0.4 is 0 Å². The zero-order valence-corrected chi connectivity index (χ0v) is 29.8. The van der Waals surface area contributed by atoms with Crippen LogP contribution in [0.15, 0.2) is 188 Å². The van der Waals surface area contributed by atoms with Gasteiger partial charge in [0.05, 0.1) is 49.5 Å². The molecular weight excluding hydrogens is 715 g/mol. The molecule has 12 rings (SSSR count). The van der Waals surface area contributed by atoms with E-state index in [2.05, 4.69) is 0 Å². The molecule has 0 spiro atoms. The molecule has 0 unspecified atom stereocenters. The molecule has 0 atom stereocenters. The van der Waals surface area contributed by atoms with Crippen molar-refractivity contribution >= 4 is 75.1 Å². The maximum Gasteiger partial charge on any atom is 0.240 e. The molecule has 266 valence electrons. The maximum absolute atomic E-state index is 9.94. The normalized spacial score (nSPS) is 16.8. The molecule has 4 aromatic heterocycles. The van der Waals surface area contributed by atoms with Gasteiger partial charge in [-0.3, -0.25) is 9.13 Å². The first-order valence-electron chi connectivity index (χ1n) is 27.5. The lowest BCUT2D eigenvalue weighted by Gasteiger charge is -2.15. The Balaban J connectivity index is 1.32. The van der Waals surface area contributed by atoms with Gasteiger partial charge in [0.1, 0.15) is 0 Å². The zero-order valence-electron chi connectivity index (χ0n) is 49.0. The van der Waals surface area contributed by atoms with Crippen LogP contribution >= 0.6 is 11.3 Å². The van der Waals surface area contributed by atoms with Crippen molar-refractivity contribution in [1.29, 1.82) is 0 Å². The second kappa shape index (κ2) is 12.6. The van der Waals surface area contributed by atoms with Crippen LogP contribution in [0.1, 0.15) is 27.4 Å². The molecule has 6 heteroatoms. The minimum atomic E-state index is -0.820. The van der Waals surface area contributed by atoms with E-state index in [1.54, 1.807) is 35.6 Å². The molecule has 0 aliphatic heterocycles. The maximum atomic E-state index is 9.94. The number of para-hydroxylation sites is 3. The van der Waals surface area contributed by atoms with E-state index in [-0.39, 0.29) is 38.6 Å².